The van der Waals surface area contributed by atoms with E-state index in [1.165, 1.54) is 17.0 Å². The van der Waals surface area contributed by atoms with Gasteiger partial charge in [0.15, 0.2) is 0 Å². The molecule has 5 heteroatoms. The Bertz CT molecular complexity index is 514. The van der Waals surface area contributed by atoms with Crippen LogP contribution in [0.4, 0.5) is 0 Å². The molecule has 3 heterocycles. The van der Waals surface area contributed by atoms with Crippen molar-refractivity contribution < 1.29 is 0 Å². The van der Waals surface area contributed by atoms with E-state index in [0.29, 0.717) is 12.0 Å². The van der Waals surface area contributed by atoms with E-state index in [0.717, 1.165) is 45.0 Å². The first kappa shape index (κ1) is 14.9. The molecule has 0 bridgehead atoms. The molecule has 2 aliphatic heterocycles. The van der Waals surface area contributed by atoms with Crippen molar-refractivity contribution in [2.24, 2.45) is 0 Å². The van der Waals surface area contributed by atoms with Gasteiger partial charge in [0.2, 0.25) is 0 Å². The molecule has 1 atom stereocenters. The van der Waals surface area contributed by atoms with E-state index < -0.39 is 0 Å². The van der Waals surface area contributed by atoms with Gasteiger partial charge in [-0.05, 0) is 20.0 Å². The Kier molecular flexibility index (Phi) is 4.24. The molecule has 0 amide bonds. The molecular formula is C16H27N5. The van der Waals surface area contributed by atoms with Gasteiger partial charge in [-0.1, -0.05) is 13.8 Å². The molecule has 1 unspecified atom stereocenters. The molecule has 0 aromatic carbocycles. The first-order valence-corrected chi connectivity index (χ1v) is 8.05. The van der Waals surface area contributed by atoms with Gasteiger partial charge in [-0.25, -0.2) is 9.97 Å². The van der Waals surface area contributed by atoms with Crippen molar-refractivity contribution >= 4 is 0 Å². The molecule has 1 aromatic rings. The fraction of sp³-hybridized carbons (Fsp3) is 0.750. The van der Waals surface area contributed by atoms with Gasteiger partial charge in [-0.15, -0.1) is 0 Å². The lowest BCUT2D eigenvalue weighted by molar-refractivity contribution is 0.109. The van der Waals surface area contributed by atoms with Crippen LogP contribution in [0.15, 0.2) is 0 Å². The molecule has 21 heavy (non-hydrogen) atoms. The van der Waals surface area contributed by atoms with Gasteiger partial charge in [0.05, 0.1) is 17.4 Å². The summed E-state index contributed by atoms with van der Waals surface area (Å²) < 4.78 is 0. The highest BCUT2D eigenvalue weighted by molar-refractivity contribution is 5.31. The van der Waals surface area contributed by atoms with E-state index in [4.69, 9.17) is 9.97 Å². The molecule has 1 fully saturated rings. The molecule has 1 N–H and O–H groups in total. The Labute approximate surface area is 127 Å². The van der Waals surface area contributed by atoms with Gasteiger partial charge in [-0.2, -0.15) is 0 Å². The number of fused-ring (bicyclic) bond motifs is 1. The van der Waals surface area contributed by atoms with Crippen LogP contribution in [0.25, 0.3) is 0 Å². The lowest BCUT2D eigenvalue weighted by atomic mass is 9.98. The quantitative estimate of drug-likeness (QED) is 0.885. The van der Waals surface area contributed by atoms with Crippen LogP contribution in [-0.2, 0) is 13.0 Å². The summed E-state index contributed by atoms with van der Waals surface area (Å²) in [5.74, 6) is 1.47. The fourth-order valence-electron chi connectivity index (χ4n) is 3.30. The van der Waals surface area contributed by atoms with Crippen molar-refractivity contribution in [3.63, 3.8) is 0 Å². The van der Waals surface area contributed by atoms with Gasteiger partial charge in [0.1, 0.15) is 5.82 Å². The molecule has 0 aliphatic carbocycles. The highest BCUT2D eigenvalue weighted by Gasteiger charge is 2.28. The lowest BCUT2D eigenvalue weighted by Gasteiger charge is -2.37. The zero-order valence-electron chi connectivity index (χ0n) is 13.7. The third kappa shape index (κ3) is 2.96. The first-order chi connectivity index (χ1) is 10.1. The predicted molar refractivity (Wildman–Crippen MR) is 84.4 cm³/mol. The average Bonchev–Trinajstić information content (AvgIpc) is 2.48. The van der Waals surface area contributed by atoms with Crippen molar-refractivity contribution in [2.75, 3.05) is 40.3 Å². The first-order valence-electron chi connectivity index (χ1n) is 8.05. The molecular weight excluding hydrogens is 262 g/mol. The van der Waals surface area contributed by atoms with E-state index >= 15 is 0 Å². The maximum Gasteiger partial charge on any atom is 0.147 e. The van der Waals surface area contributed by atoms with Crippen LogP contribution in [0.3, 0.4) is 0 Å². The van der Waals surface area contributed by atoms with Gasteiger partial charge < -0.3 is 10.2 Å². The molecule has 1 aromatic heterocycles. The molecule has 3 rings (SSSR count). The zero-order chi connectivity index (χ0) is 15.0. The molecule has 5 nitrogen and oxygen atoms in total. The number of nitrogens with one attached hydrogen (secondary N) is 1. The molecule has 2 aliphatic rings. The van der Waals surface area contributed by atoms with E-state index in [1.807, 2.05) is 0 Å². The third-order valence-corrected chi connectivity index (χ3v) is 4.68. The summed E-state index contributed by atoms with van der Waals surface area (Å²) in [5.41, 5.74) is 3.85. The van der Waals surface area contributed by atoms with Gasteiger partial charge in [-0.3, -0.25) is 4.90 Å². The third-order valence-electron chi connectivity index (χ3n) is 4.68. The summed E-state index contributed by atoms with van der Waals surface area (Å²) in [6.07, 6.45) is 1.02. The summed E-state index contributed by atoms with van der Waals surface area (Å²) in [4.78, 5) is 14.7. The lowest BCUT2D eigenvalue weighted by Crippen LogP contribution is -2.45. The smallest absolute Gasteiger partial charge is 0.147 e. The van der Waals surface area contributed by atoms with Gasteiger partial charge in [0.25, 0.3) is 0 Å². The summed E-state index contributed by atoms with van der Waals surface area (Å²) in [6.45, 7) is 9.64. The summed E-state index contributed by atoms with van der Waals surface area (Å²) in [7, 11) is 4.38. The Morgan fingerprint density at radius 3 is 2.76 bits per heavy atom. The summed E-state index contributed by atoms with van der Waals surface area (Å²) >= 11 is 0. The minimum atomic E-state index is 0.321. The minimum absolute atomic E-state index is 0.321. The summed E-state index contributed by atoms with van der Waals surface area (Å²) in [6, 6.07) is 0.321. The molecule has 0 spiro atoms. The maximum absolute atomic E-state index is 4.97. The highest BCUT2D eigenvalue weighted by atomic mass is 15.3. The largest absolute Gasteiger partial charge is 0.312 e. The Morgan fingerprint density at radius 2 is 2.00 bits per heavy atom. The maximum atomic E-state index is 4.97. The van der Waals surface area contributed by atoms with E-state index in [-0.39, 0.29) is 0 Å². The topological polar surface area (TPSA) is 44.3 Å². The number of hydrogen-bond donors (Lipinski definition) is 1. The van der Waals surface area contributed by atoms with Crippen molar-refractivity contribution in [1.29, 1.82) is 0 Å². The monoisotopic (exact) mass is 289 g/mol. The van der Waals surface area contributed by atoms with Crippen LogP contribution in [0.1, 0.15) is 48.6 Å². The molecule has 1 saturated heterocycles. The Balaban J connectivity index is 2.00. The normalized spacial score (nSPS) is 24.3. The zero-order valence-corrected chi connectivity index (χ0v) is 13.7. The van der Waals surface area contributed by atoms with Crippen molar-refractivity contribution in [3.8, 4) is 0 Å². The van der Waals surface area contributed by atoms with Crippen LogP contribution in [-0.4, -0.2) is 60.0 Å². The van der Waals surface area contributed by atoms with Crippen molar-refractivity contribution in [1.82, 2.24) is 25.1 Å². The fourth-order valence-corrected chi connectivity index (χ4v) is 3.30. The number of likely N-dealkylation sites (N-methyl/N-ethyl adjacent to an activating group) is 2. The number of aromatic nitrogens is 2. The highest BCUT2D eigenvalue weighted by Crippen LogP contribution is 2.27. The second-order valence-electron chi connectivity index (χ2n) is 6.73. The van der Waals surface area contributed by atoms with Crippen LogP contribution in [0, 0.1) is 0 Å². The summed E-state index contributed by atoms with van der Waals surface area (Å²) in [5, 5.41) is 3.45. The van der Waals surface area contributed by atoms with E-state index in [1.54, 1.807) is 0 Å². The molecule has 0 saturated carbocycles. The molecule has 116 valence electrons. The van der Waals surface area contributed by atoms with Crippen molar-refractivity contribution in [3.05, 3.63) is 22.8 Å². The Morgan fingerprint density at radius 1 is 1.19 bits per heavy atom. The van der Waals surface area contributed by atoms with E-state index in [2.05, 4.69) is 43.1 Å². The minimum Gasteiger partial charge on any atom is -0.312 e. The second kappa shape index (κ2) is 5.99. The van der Waals surface area contributed by atoms with Crippen LogP contribution in [0.5, 0.6) is 0 Å². The standard InChI is InChI=1S/C16H27N5/c1-11(2)15-12-9-17-6-5-13(12)18-16(19-15)14-10-20(3)7-8-21(14)4/h11,14,17H,5-10H2,1-4H3. The number of nitrogens with zero attached hydrogens (tertiary/aromatic N) is 4. The number of rotatable bonds is 2. The van der Waals surface area contributed by atoms with E-state index in [9.17, 15) is 0 Å². The molecule has 0 radical (unpaired) electrons. The number of piperazine rings is 1. The van der Waals surface area contributed by atoms with Gasteiger partial charge >= 0.3 is 0 Å². The number of hydrogen-bond acceptors (Lipinski definition) is 5. The van der Waals surface area contributed by atoms with Crippen LogP contribution >= 0.6 is 0 Å². The Hall–Kier alpha value is -1.04. The second-order valence-corrected chi connectivity index (χ2v) is 6.73. The average molecular weight is 289 g/mol. The van der Waals surface area contributed by atoms with Crippen molar-refractivity contribution in [2.45, 2.75) is 38.8 Å². The van der Waals surface area contributed by atoms with Crippen LogP contribution in [0.2, 0.25) is 0 Å². The van der Waals surface area contributed by atoms with Gasteiger partial charge in [0, 0.05) is 44.7 Å². The van der Waals surface area contributed by atoms with Crippen LogP contribution < -0.4 is 5.32 Å². The SMILES string of the molecule is CC(C)c1nc(C2CN(C)CCN2C)nc2c1CNCC2. The predicted octanol–water partition coefficient (Wildman–Crippen LogP) is 1.16.